The van der Waals surface area contributed by atoms with E-state index >= 15 is 0 Å². The Hall–Kier alpha value is -3.34. The lowest BCUT2D eigenvalue weighted by atomic mass is 10.0. The van der Waals surface area contributed by atoms with Crippen LogP contribution in [-0.4, -0.2) is 28.8 Å². The van der Waals surface area contributed by atoms with Gasteiger partial charge in [-0.15, -0.1) is 10.2 Å². The molecule has 0 aliphatic heterocycles. The van der Waals surface area contributed by atoms with E-state index in [0.717, 1.165) is 50.8 Å². The summed E-state index contributed by atoms with van der Waals surface area (Å²) < 4.78 is 13.0. The van der Waals surface area contributed by atoms with Crippen LogP contribution in [0.3, 0.4) is 0 Å². The van der Waals surface area contributed by atoms with E-state index in [1.54, 1.807) is 14.2 Å². The number of methoxy groups -OCH3 is 2. The molecule has 0 atom stereocenters. The Bertz CT molecular complexity index is 1110. The van der Waals surface area contributed by atoms with Crippen molar-refractivity contribution in [2.24, 2.45) is 0 Å². The topological polar surface area (TPSA) is 48.7 Å². The van der Waals surface area contributed by atoms with Gasteiger partial charge in [-0.3, -0.25) is 4.40 Å². The number of nitrogens with zero attached hydrogens (tertiary/aromatic N) is 3. The number of rotatable bonds is 4. The first-order chi connectivity index (χ1) is 13.1. The van der Waals surface area contributed by atoms with E-state index in [-0.39, 0.29) is 0 Å². The van der Waals surface area contributed by atoms with Gasteiger partial charge in [0.05, 0.1) is 19.8 Å². The Morgan fingerprint density at radius 2 is 1.56 bits per heavy atom. The van der Waals surface area contributed by atoms with Crippen molar-refractivity contribution in [2.45, 2.75) is 13.8 Å². The molecule has 0 bridgehead atoms. The average molecular weight is 359 g/mol. The van der Waals surface area contributed by atoms with Gasteiger partial charge in [-0.2, -0.15) is 0 Å². The van der Waals surface area contributed by atoms with Crippen molar-refractivity contribution in [1.29, 1.82) is 0 Å². The number of aromatic nitrogens is 3. The van der Waals surface area contributed by atoms with Crippen LogP contribution in [0.1, 0.15) is 11.1 Å². The Balaban J connectivity index is 1.88. The smallest absolute Gasteiger partial charge is 0.172 e. The summed E-state index contributed by atoms with van der Waals surface area (Å²) >= 11 is 0. The number of hydrogen-bond donors (Lipinski definition) is 0. The number of fused-ring (bicyclic) bond motifs is 1. The second-order valence-electron chi connectivity index (χ2n) is 6.51. The summed E-state index contributed by atoms with van der Waals surface area (Å²) in [6, 6.07) is 16.2. The molecule has 4 rings (SSSR count). The zero-order chi connectivity index (χ0) is 19.0. The highest BCUT2D eigenvalue weighted by atomic mass is 16.5. The Kier molecular flexibility index (Phi) is 4.28. The van der Waals surface area contributed by atoms with Gasteiger partial charge in [-0.1, -0.05) is 12.1 Å². The fourth-order valence-electron chi connectivity index (χ4n) is 3.51. The Morgan fingerprint density at radius 3 is 2.26 bits per heavy atom. The van der Waals surface area contributed by atoms with Gasteiger partial charge in [0, 0.05) is 6.20 Å². The normalized spacial score (nSPS) is 11.0. The van der Waals surface area contributed by atoms with Crippen LogP contribution >= 0.6 is 0 Å². The van der Waals surface area contributed by atoms with Crippen LogP contribution < -0.4 is 9.47 Å². The van der Waals surface area contributed by atoms with Crippen molar-refractivity contribution >= 4 is 5.65 Å². The number of aryl methyl sites for hydroxylation is 2. The maximum atomic E-state index is 5.49. The van der Waals surface area contributed by atoms with Crippen LogP contribution in [0.2, 0.25) is 0 Å². The van der Waals surface area contributed by atoms with Crippen LogP contribution in [0.15, 0.2) is 54.7 Å². The molecule has 0 fully saturated rings. The van der Waals surface area contributed by atoms with E-state index in [1.165, 1.54) is 0 Å². The molecule has 5 heteroatoms. The number of hydrogen-bond acceptors (Lipinski definition) is 4. The highest BCUT2D eigenvalue weighted by molar-refractivity contribution is 5.71. The van der Waals surface area contributed by atoms with Crippen molar-refractivity contribution in [1.82, 2.24) is 14.6 Å². The predicted octanol–water partition coefficient (Wildman–Crippen LogP) is 4.70. The molecule has 0 spiro atoms. The van der Waals surface area contributed by atoms with Crippen LogP contribution in [-0.2, 0) is 0 Å². The minimum atomic E-state index is 0.756. The average Bonchev–Trinajstić information content (AvgIpc) is 3.10. The fourth-order valence-corrected chi connectivity index (χ4v) is 3.51. The van der Waals surface area contributed by atoms with Gasteiger partial charge in [0.25, 0.3) is 0 Å². The molecule has 136 valence electrons. The van der Waals surface area contributed by atoms with Gasteiger partial charge in [-0.25, -0.2) is 0 Å². The molecule has 2 aromatic carbocycles. The largest absolute Gasteiger partial charge is 0.496 e. The van der Waals surface area contributed by atoms with Crippen molar-refractivity contribution in [3.05, 3.63) is 65.9 Å². The molecule has 0 unspecified atom stereocenters. The molecule has 0 aliphatic rings. The molecule has 5 nitrogen and oxygen atoms in total. The van der Waals surface area contributed by atoms with Gasteiger partial charge in [0.1, 0.15) is 11.5 Å². The van der Waals surface area contributed by atoms with E-state index in [0.29, 0.717) is 0 Å². The molecule has 0 saturated carbocycles. The summed E-state index contributed by atoms with van der Waals surface area (Å²) in [6.45, 7) is 4.12. The third kappa shape index (κ3) is 2.91. The van der Waals surface area contributed by atoms with E-state index in [2.05, 4.69) is 48.4 Å². The molecule has 2 aromatic heterocycles. The van der Waals surface area contributed by atoms with Gasteiger partial charge in [0.15, 0.2) is 11.5 Å². The maximum Gasteiger partial charge on any atom is 0.172 e. The SMILES string of the molecule is COc1ccccc1-c1nnc2ccc(-c3cc(C)c(OC)c(C)c3)cn12. The zero-order valence-corrected chi connectivity index (χ0v) is 15.9. The molecule has 4 aromatic rings. The molecule has 0 saturated heterocycles. The first-order valence-corrected chi connectivity index (χ1v) is 8.76. The first-order valence-electron chi connectivity index (χ1n) is 8.76. The summed E-state index contributed by atoms with van der Waals surface area (Å²) in [5.41, 5.74) is 6.15. The minimum absolute atomic E-state index is 0.756. The zero-order valence-electron chi connectivity index (χ0n) is 15.9. The highest BCUT2D eigenvalue weighted by Crippen LogP contribution is 2.32. The standard InChI is InChI=1S/C22H21N3O2/c1-14-11-17(12-15(2)21(14)27-4)16-9-10-20-23-24-22(25(20)13-16)18-7-5-6-8-19(18)26-3/h5-13H,1-4H3. The van der Waals surface area contributed by atoms with Gasteiger partial charge in [0.2, 0.25) is 0 Å². The Morgan fingerprint density at radius 1 is 0.815 bits per heavy atom. The lowest BCUT2D eigenvalue weighted by molar-refractivity contribution is 0.408. The lowest BCUT2D eigenvalue weighted by Gasteiger charge is -2.12. The van der Waals surface area contributed by atoms with Crippen molar-refractivity contribution in [3.8, 4) is 34.0 Å². The summed E-state index contributed by atoms with van der Waals surface area (Å²) in [6.07, 6.45) is 2.07. The molecule has 0 amide bonds. The first kappa shape index (κ1) is 17.1. The third-order valence-electron chi connectivity index (χ3n) is 4.75. The molecule has 0 radical (unpaired) electrons. The van der Waals surface area contributed by atoms with Crippen LogP contribution in [0.25, 0.3) is 28.2 Å². The molecular formula is C22H21N3O2. The second kappa shape index (κ2) is 6.76. The van der Waals surface area contributed by atoms with E-state index in [4.69, 9.17) is 9.47 Å². The van der Waals surface area contributed by atoms with Crippen molar-refractivity contribution in [2.75, 3.05) is 14.2 Å². The summed E-state index contributed by atoms with van der Waals surface area (Å²) in [7, 11) is 3.37. The maximum absolute atomic E-state index is 5.49. The van der Waals surface area contributed by atoms with E-state index < -0.39 is 0 Å². The number of para-hydroxylation sites is 1. The van der Waals surface area contributed by atoms with Crippen LogP contribution in [0.5, 0.6) is 11.5 Å². The number of ether oxygens (including phenoxy) is 2. The predicted molar refractivity (Wildman–Crippen MR) is 106 cm³/mol. The monoisotopic (exact) mass is 359 g/mol. The second-order valence-corrected chi connectivity index (χ2v) is 6.51. The molecule has 0 N–H and O–H groups in total. The lowest BCUT2D eigenvalue weighted by Crippen LogP contribution is -1.95. The van der Waals surface area contributed by atoms with Crippen LogP contribution in [0.4, 0.5) is 0 Å². The molecular weight excluding hydrogens is 338 g/mol. The summed E-state index contributed by atoms with van der Waals surface area (Å²) in [5.74, 6) is 2.46. The van der Waals surface area contributed by atoms with Gasteiger partial charge < -0.3 is 9.47 Å². The highest BCUT2D eigenvalue weighted by Gasteiger charge is 2.14. The van der Waals surface area contributed by atoms with Gasteiger partial charge in [-0.05, 0) is 72.5 Å². The molecule has 27 heavy (non-hydrogen) atoms. The van der Waals surface area contributed by atoms with Crippen molar-refractivity contribution < 1.29 is 9.47 Å². The summed E-state index contributed by atoms with van der Waals surface area (Å²) in [4.78, 5) is 0. The summed E-state index contributed by atoms with van der Waals surface area (Å²) in [5, 5.41) is 8.69. The quantitative estimate of drug-likeness (QED) is 0.530. The molecule has 2 heterocycles. The van der Waals surface area contributed by atoms with E-state index in [9.17, 15) is 0 Å². The van der Waals surface area contributed by atoms with Crippen LogP contribution in [0, 0.1) is 13.8 Å². The molecule has 0 aliphatic carbocycles. The van der Waals surface area contributed by atoms with Crippen molar-refractivity contribution in [3.63, 3.8) is 0 Å². The van der Waals surface area contributed by atoms with Gasteiger partial charge >= 0.3 is 0 Å². The minimum Gasteiger partial charge on any atom is -0.496 e. The Labute approximate surface area is 158 Å². The number of pyridine rings is 1. The fraction of sp³-hybridized carbons (Fsp3) is 0.182. The van der Waals surface area contributed by atoms with E-state index in [1.807, 2.05) is 34.7 Å². The third-order valence-corrected chi connectivity index (χ3v) is 4.75. The number of benzene rings is 2.